The van der Waals surface area contributed by atoms with Gasteiger partial charge < -0.3 is 0 Å². The Morgan fingerprint density at radius 1 is 1.00 bits per heavy atom. The molecule has 1 aliphatic carbocycles. The maximum absolute atomic E-state index is 6.08. The zero-order valence-electron chi connectivity index (χ0n) is 15.1. The van der Waals surface area contributed by atoms with E-state index in [1.807, 2.05) is 0 Å². The summed E-state index contributed by atoms with van der Waals surface area (Å²) in [6, 6.07) is 0.421. The molecule has 1 saturated carbocycles. The van der Waals surface area contributed by atoms with E-state index in [4.69, 9.17) is 5.84 Å². The summed E-state index contributed by atoms with van der Waals surface area (Å²) in [7, 11) is 0. The molecule has 21 heavy (non-hydrogen) atoms. The zero-order chi connectivity index (χ0) is 15.9. The minimum Gasteiger partial charge on any atom is -0.297 e. The molecule has 0 spiro atoms. The van der Waals surface area contributed by atoms with E-state index >= 15 is 0 Å². The van der Waals surface area contributed by atoms with Crippen molar-refractivity contribution in [3.8, 4) is 0 Å². The van der Waals surface area contributed by atoms with Crippen LogP contribution in [0.4, 0.5) is 0 Å². The summed E-state index contributed by atoms with van der Waals surface area (Å²) >= 11 is 0. The third-order valence-corrected chi connectivity index (χ3v) is 6.32. The molecular weight excluding hydrogens is 258 g/mol. The predicted octanol–water partition coefficient (Wildman–Crippen LogP) is 3.94. The quantitative estimate of drug-likeness (QED) is 0.500. The smallest absolute Gasteiger partial charge is 0.0422 e. The molecule has 3 nitrogen and oxygen atoms in total. The van der Waals surface area contributed by atoms with E-state index in [0.29, 0.717) is 6.04 Å². The predicted molar refractivity (Wildman–Crippen MR) is 93.1 cm³/mol. The van der Waals surface area contributed by atoms with E-state index in [1.54, 1.807) is 0 Å². The number of hydrazine groups is 1. The van der Waals surface area contributed by atoms with E-state index in [-0.39, 0.29) is 5.54 Å². The van der Waals surface area contributed by atoms with Gasteiger partial charge in [0, 0.05) is 11.6 Å². The molecular formula is C18H39N3. The SMILES string of the molecule is CCC1CCC(C(NN)C(CC)(CC)N(CC)CC)CC1. The molecule has 0 radical (unpaired) electrons. The fraction of sp³-hybridized carbons (Fsp3) is 1.00. The minimum absolute atomic E-state index is 0.210. The maximum Gasteiger partial charge on any atom is 0.0422 e. The van der Waals surface area contributed by atoms with Crippen molar-refractivity contribution in [3.05, 3.63) is 0 Å². The lowest BCUT2D eigenvalue weighted by molar-refractivity contribution is 0.0148. The van der Waals surface area contributed by atoms with Crippen LogP contribution in [-0.4, -0.2) is 29.6 Å². The standard InChI is InChI=1S/C18H39N3/c1-6-15-11-13-16(14-12-15)17(20-19)18(7-2,8-3)21(9-4)10-5/h15-17,20H,6-14,19H2,1-5H3. The number of nitrogens with one attached hydrogen (secondary N) is 1. The van der Waals surface area contributed by atoms with Crippen molar-refractivity contribution >= 4 is 0 Å². The van der Waals surface area contributed by atoms with Crippen LogP contribution in [0.25, 0.3) is 0 Å². The Labute approximate surface area is 133 Å². The molecule has 0 aliphatic heterocycles. The number of hydrogen-bond acceptors (Lipinski definition) is 3. The molecule has 0 amide bonds. The lowest BCUT2D eigenvalue weighted by Crippen LogP contribution is -2.65. The van der Waals surface area contributed by atoms with Crippen molar-refractivity contribution in [1.29, 1.82) is 0 Å². The topological polar surface area (TPSA) is 41.3 Å². The number of nitrogens with zero attached hydrogens (tertiary/aromatic N) is 1. The van der Waals surface area contributed by atoms with Gasteiger partial charge in [-0.15, -0.1) is 0 Å². The highest BCUT2D eigenvalue weighted by Crippen LogP contribution is 2.39. The Hall–Kier alpha value is -0.120. The van der Waals surface area contributed by atoms with Crippen molar-refractivity contribution in [2.75, 3.05) is 13.1 Å². The number of nitrogens with two attached hydrogens (primary N) is 1. The molecule has 0 aromatic rings. The number of rotatable bonds is 9. The van der Waals surface area contributed by atoms with Gasteiger partial charge in [0.1, 0.15) is 0 Å². The summed E-state index contributed by atoms with van der Waals surface area (Å²) in [6.45, 7) is 13.8. The van der Waals surface area contributed by atoms with E-state index < -0.39 is 0 Å². The highest BCUT2D eigenvalue weighted by Gasteiger charge is 2.43. The van der Waals surface area contributed by atoms with E-state index in [2.05, 4.69) is 44.9 Å². The van der Waals surface area contributed by atoms with E-state index in [0.717, 1.165) is 24.9 Å². The second-order valence-corrected chi connectivity index (χ2v) is 6.82. The molecule has 0 aromatic carbocycles. The van der Waals surface area contributed by atoms with Crippen LogP contribution in [0.1, 0.15) is 79.6 Å². The summed E-state index contributed by atoms with van der Waals surface area (Å²) < 4.78 is 0. The Kier molecular flexibility index (Phi) is 8.22. The van der Waals surface area contributed by atoms with Gasteiger partial charge in [0.2, 0.25) is 0 Å². The molecule has 1 fully saturated rings. The Morgan fingerprint density at radius 2 is 1.52 bits per heavy atom. The van der Waals surface area contributed by atoms with Crippen LogP contribution in [-0.2, 0) is 0 Å². The summed E-state index contributed by atoms with van der Waals surface area (Å²) in [5.74, 6) is 7.76. The van der Waals surface area contributed by atoms with E-state index in [1.165, 1.54) is 44.9 Å². The van der Waals surface area contributed by atoms with E-state index in [9.17, 15) is 0 Å². The summed E-state index contributed by atoms with van der Waals surface area (Å²) in [4.78, 5) is 2.64. The van der Waals surface area contributed by atoms with Gasteiger partial charge in [-0.1, -0.05) is 53.9 Å². The van der Waals surface area contributed by atoms with Crippen molar-refractivity contribution in [3.63, 3.8) is 0 Å². The van der Waals surface area contributed by atoms with Crippen LogP contribution < -0.4 is 11.3 Å². The van der Waals surface area contributed by atoms with Crippen LogP contribution in [0.3, 0.4) is 0 Å². The largest absolute Gasteiger partial charge is 0.297 e. The first-order valence-corrected chi connectivity index (χ1v) is 9.34. The molecule has 0 saturated heterocycles. The Morgan fingerprint density at radius 3 is 1.86 bits per heavy atom. The van der Waals surface area contributed by atoms with Crippen LogP contribution in [0.5, 0.6) is 0 Å². The molecule has 1 aliphatic rings. The monoisotopic (exact) mass is 297 g/mol. The lowest BCUT2D eigenvalue weighted by Gasteiger charge is -2.51. The molecule has 0 bridgehead atoms. The van der Waals surface area contributed by atoms with Gasteiger partial charge in [-0.05, 0) is 50.6 Å². The zero-order valence-corrected chi connectivity index (χ0v) is 15.1. The third kappa shape index (κ3) is 4.00. The Balaban J connectivity index is 2.92. The second kappa shape index (κ2) is 9.12. The fourth-order valence-corrected chi connectivity index (χ4v) is 4.85. The fourth-order valence-electron chi connectivity index (χ4n) is 4.85. The van der Waals surface area contributed by atoms with Crippen LogP contribution in [0.2, 0.25) is 0 Å². The first kappa shape index (κ1) is 18.9. The van der Waals surface area contributed by atoms with Crippen molar-refractivity contribution < 1.29 is 0 Å². The molecule has 0 heterocycles. The molecule has 1 unspecified atom stereocenters. The lowest BCUT2D eigenvalue weighted by atomic mass is 9.69. The third-order valence-electron chi connectivity index (χ3n) is 6.32. The van der Waals surface area contributed by atoms with Gasteiger partial charge in [-0.3, -0.25) is 16.2 Å². The highest BCUT2D eigenvalue weighted by atomic mass is 15.3. The normalized spacial score (nSPS) is 25.3. The first-order valence-electron chi connectivity index (χ1n) is 9.34. The van der Waals surface area contributed by atoms with Crippen molar-refractivity contribution in [2.24, 2.45) is 17.7 Å². The van der Waals surface area contributed by atoms with Crippen LogP contribution in [0.15, 0.2) is 0 Å². The second-order valence-electron chi connectivity index (χ2n) is 6.82. The van der Waals surface area contributed by atoms with Crippen LogP contribution in [0, 0.1) is 11.8 Å². The van der Waals surface area contributed by atoms with Gasteiger partial charge in [-0.25, -0.2) is 0 Å². The molecule has 1 atom stereocenters. The van der Waals surface area contributed by atoms with Gasteiger partial charge >= 0.3 is 0 Å². The van der Waals surface area contributed by atoms with Gasteiger partial charge in [0.25, 0.3) is 0 Å². The average Bonchev–Trinajstić information content (AvgIpc) is 2.55. The molecule has 0 aromatic heterocycles. The maximum atomic E-state index is 6.08. The van der Waals surface area contributed by atoms with Gasteiger partial charge in [-0.2, -0.15) is 0 Å². The molecule has 126 valence electrons. The average molecular weight is 298 g/mol. The van der Waals surface area contributed by atoms with Crippen molar-refractivity contribution in [1.82, 2.24) is 10.3 Å². The summed E-state index contributed by atoms with van der Waals surface area (Å²) in [6.07, 6.45) is 9.16. The highest BCUT2D eigenvalue weighted by molar-refractivity contribution is 5.01. The minimum atomic E-state index is 0.210. The van der Waals surface area contributed by atoms with Crippen LogP contribution >= 0.6 is 0 Å². The number of likely N-dealkylation sites (N-methyl/N-ethyl adjacent to an activating group) is 1. The van der Waals surface area contributed by atoms with Gasteiger partial charge in [0.05, 0.1) is 0 Å². The summed E-state index contributed by atoms with van der Waals surface area (Å²) in [5, 5.41) is 0. The molecule has 3 N–H and O–H groups in total. The number of hydrogen-bond donors (Lipinski definition) is 2. The van der Waals surface area contributed by atoms with Gasteiger partial charge in [0.15, 0.2) is 0 Å². The van der Waals surface area contributed by atoms with Crippen molar-refractivity contribution in [2.45, 2.75) is 91.1 Å². The Bertz CT molecular complexity index is 264. The molecule has 3 heteroatoms. The first-order chi connectivity index (χ1) is 10.1. The summed E-state index contributed by atoms with van der Waals surface area (Å²) in [5.41, 5.74) is 3.47. The molecule has 1 rings (SSSR count).